The number of rotatable bonds is 3. The SMILES string of the molecule is [2H]C1(n2c(C)nc3cc(CNC(=O)OC(C)(C)C)ccc3c2=O)CCC(=O)NC1=O. The van der Waals surface area contributed by atoms with E-state index < -0.39 is 35.1 Å². The van der Waals surface area contributed by atoms with Gasteiger partial charge in [-0.1, -0.05) is 6.07 Å². The summed E-state index contributed by atoms with van der Waals surface area (Å²) in [4.78, 5) is 53.0. The van der Waals surface area contributed by atoms with Crippen LogP contribution in [0, 0.1) is 6.92 Å². The number of alkyl carbamates (subject to hydrolysis) is 1. The number of nitrogens with one attached hydrogen (secondary N) is 2. The number of carbonyl (C=O) groups is 3. The van der Waals surface area contributed by atoms with Crippen LogP contribution in [-0.4, -0.2) is 33.1 Å². The highest BCUT2D eigenvalue weighted by atomic mass is 16.6. The minimum atomic E-state index is -1.94. The fraction of sp³-hybridized carbons (Fsp3) is 0.450. The molecule has 1 fully saturated rings. The molecular weight excluding hydrogens is 376 g/mol. The molecule has 0 spiro atoms. The van der Waals surface area contributed by atoms with Crippen LogP contribution in [0.3, 0.4) is 0 Å². The van der Waals surface area contributed by atoms with Gasteiger partial charge in [-0.2, -0.15) is 0 Å². The monoisotopic (exact) mass is 401 g/mol. The lowest BCUT2D eigenvalue weighted by atomic mass is 10.1. The summed E-state index contributed by atoms with van der Waals surface area (Å²) in [6.07, 6.45) is -0.700. The number of hydrogen-bond acceptors (Lipinski definition) is 6. The van der Waals surface area contributed by atoms with Gasteiger partial charge >= 0.3 is 6.09 Å². The summed E-state index contributed by atoms with van der Waals surface area (Å²) in [5.41, 5.74) is -0.0600. The van der Waals surface area contributed by atoms with E-state index in [4.69, 9.17) is 6.11 Å². The normalized spacial score (nSPS) is 20.2. The van der Waals surface area contributed by atoms with Crippen molar-refractivity contribution in [1.82, 2.24) is 20.2 Å². The molecule has 0 radical (unpaired) electrons. The molecule has 2 aromatic rings. The van der Waals surface area contributed by atoms with Crippen molar-refractivity contribution in [2.45, 2.75) is 58.7 Å². The number of aromatic nitrogens is 2. The van der Waals surface area contributed by atoms with Gasteiger partial charge in [-0.25, -0.2) is 9.78 Å². The molecule has 0 saturated carbocycles. The van der Waals surface area contributed by atoms with E-state index in [9.17, 15) is 19.2 Å². The van der Waals surface area contributed by atoms with E-state index in [0.29, 0.717) is 11.1 Å². The number of amides is 3. The predicted molar refractivity (Wildman–Crippen MR) is 105 cm³/mol. The number of piperidine rings is 1. The van der Waals surface area contributed by atoms with E-state index >= 15 is 0 Å². The Morgan fingerprint density at radius 2 is 2.10 bits per heavy atom. The van der Waals surface area contributed by atoms with Crippen LogP contribution in [0.15, 0.2) is 23.0 Å². The number of imide groups is 1. The molecule has 2 heterocycles. The van der Waals surface area contributed by atoms with Gasteiger partial charge in [-0.05, 0) is 51.8 Å². The number of fused-ring (bicyclic) bond motifs is 1. The zero-order valence-corrected chi connectivity index (χ0v) is 16.8. The first-order valence-electron chi connectivity index (χ1n) is 9.75. The van der Waals surface area contributed by atoms with Gasteiger partial charge in [0.1, 0.15) is 17.4 Å². The quantitative estimate of drug-likeness (QED) is 0.756. The predicted octanol–water partition coefficient (Wildman–Crippen LogP) is 1.71. The lowest BCUT2D eigenvalue weighted by molar-refractivity contribution is -0.135. The summed E-state index contributed by atoms with van der Waals surface area (Å²) >= 11 is 0. The van der Waals surface area contributed by atoms with Crippen molar-refractivity contribution in [2.75, 3.05) is 0 Å². The summed E-state index contributed by atoms with van der Waals surface area (Å²) in [5, 5.41) is 4.99. The Labute approximate surface area is 168 Å². The van der Waals surface area contributed by atoms with Crippen LogP contribution in [0.25, 0.3) is 10.9 Å². The second-order valence-electron chi connectivity index (χ2n) is 7.83. The van der Waals surface area contributed by atoms with Crippen LogP contribution in [0.2, 0.25) is 0 Å². The first kappa shape index (κ1) is 19.1. The van der Waals surface area contributed by atoms with Gasteiger partial charge in [0, 0.05) is 13.0 Å². The van der Waals surface area contributed by atoms with E-state index in [1.165, 1.54) is 6.92 Å². The number of aryl methyl sites for hydroxylation is 1. The second-order valence-corrected chi connectivity index (χ2v) is 7.83. The summed E-state index contributed by atoms with van der Waals surface area (Å²) < 4.78 is 14.8. The molecular formula is C20H24N4O5. The first-order valence-corrected chi connectivity index (χ1v) is 9.25. The van der Waals surface area contributed by atoms with Crippen molar-refractivity contribution in [3.63, 3.8) is 0 Å². The molecule has 154 valence electrons. The molecule has 1 atom stereocenters. The van der Waals surface area contributed by atoms with Gasteiger partial charge in [0.2, 0.25) is 11.8 Å². The van der Waals surface area contributed by atoms with Crippen molar-refractivity contribution in [1.29, 1.82) is 0 Å². The van der Waals surface area contributed by atoms with Crippen LogP contribution in [0.1, 0.15) is 52.4 Å². The van der Waals surface area contributed by atoms with E-state index in [1.807, 2.05) is 0 Å². The Morgan fingerprint density at radius 1 is 1.38 bits per heavy atom. The largest absolute Gasteiger partial charge is 0.444 e. The third-order valence-electron chi connectivity index (χ3n) is 4.31. The van der Waals surface area contributed by atoms with Crippen molar-refractivity contribution in [3.8, 4) is 0 Å². The van der Waals surface area contributed by atoms with Gasteiger partial charge < -0.3 is 10.1 Å². The van der Waals surface area contributed by atoms with E-state index in [2.05, 4.69) is 15.6 Å². The zero-order valence-electron chi connectivity index (χ0n) is 17.8. The maximum Gasteiger partial charge on any atom is 0.407 e. The zero-order chi connectivity index (χ0) is 22.3. The molecule has 3 amide bonds. The van der Waals surface area contributed by atoms with Crippen LogP contribution in [0.4, 0.5) is 4.79 Å². The Balaban J connectivity index is 1.92. The van der Waals surface area contributed by atoms with Crippen LogP contribution in [0.5, 0.6) is 0 Å². The Morgan fingerprint density at radius 3 is 2.76 bits per heavy atom. The average Bonchev–Trinajstić information content (AvgIpc) is 2.62. The highest BCUT2D eigenvalue weighted by molar-refractivity contribution is 5.99. The standard InChI is InChI=1S/C20H24N4O5/c1-11-22-14-9-12(10-21-19(28)29-20(2,3)4)5-6-13(14)18(27)24(11)15-7-8-16(25)23-17(15)26/h5-6,9,15H,7-8,10H2,1-4H3,(H,21,28)(H,23,25,26)/i15D. The Hall–Kier alpha value is -3.23. The summed E-state index contributed by atoms with van der Waals surface area (Å²) in [7, 11) is 0. The molecule has 2 N–H and O–H groups in total. The molecule has 1 unspecified atom stereocenters. The third-order valence-corrected chi connectivity index (χ3v) is 4.31. The summed E-state index contributed by atoms with van der Waals surface area (Å²) in [5.74, 6) is -1.13. The molecule has 0 bridgehead atoms. The highest BCUT2D eigenvalue weighted by Crippen LogP contribution is 2.20. The Kier molecular flexibility index (Phi) is 5.04. The topological polar surface area (TPSA) is 119 Å². The fourth-order valence-electron chi connectivity index (χ4n) is 3.08. The number of hydrogen-bond donors (Lipinski definition) is 2. The number of benzene rings is 1. The van der Waals surface area contributed by atoms with Crippen LogP contribution in [-0.2, 0) is 20.9 Å². The molecule has 3 rings (SSSR count). The summed E-state index contributed by atoms with van der Waals surface area (Å²) in [6, 6.07) is 2.92. The average molecular weight is 401 g/mol. The smallest absolute Gasteiger partial charge is 0.407 e. The van der Waals surface area contributed by atoms with E-state index in [1.54, 1.807) is 39.0 Å². The highest BCUT2D eigenvalue weighted by Gasteiger charge is 2.30. The van der Waals surface area contributed by atoms with Gasteiger partial charge in [0.15, 0.2) is 0 Å². The molecule has 9 heteroatoms. The molecule has 1 aliphatic heterocycles. The summed E-state index contributed by atoms with van der Waals surface area (Å²) in [6.45, 7) is 7.01. The van der Waals surface area contributed by atoms with Gasteiger partial charge in [-0.3, -0.25) is 24.3 Å². The van der Waals surface area contributed by atoms with Crippen LogP contribution >= 0.6 is 0 Å². The molecule has 1 aromatic carbocycles. The van der Waals surface area contributed by atoms with E-state index in [-0.39, 0.29) is 30.6 Å². The molecule has 1 aromatic heterocycles. The second kappa shape index (κ2) is 7.65. The molecule has 1 aliphatic rings. The molecule has 1 saturated heterocycles. The lowest BCUT2D eigenvalue weighted by Crippen LogP contribution is -2.45. The maximum absolute atomic E-state index is 13.1. The number of ether oxygens (including phenoxy) is 1. The van der Waals surface area contributed by atoms with Crippen molar-refractivity contribution < 1.29 is 20.5 Å². The number of nitrogens with zero attached hydrogens (tertiary/aromatic N) is 2. The molecule has 0 aliphatic carbocycles. The fourth-order valence-corrected chi connectivity index (χ4v) is 3.08. The Bertz CT molecular complexity index is 1100. The van der Waals surface area contributed by atoms with E-state index in [0.717, 1.165) is 4.57 Å². The van der Waals surface area contributed by atoms with Crippen molar-refractivity contribution >= 4 is 28.8 Å². The lowest BCUT2D eigenvalue weighted by Gasteiger charge is -2.24. The van der Waals surface area contributed by atoms with Crippen LogP contribution < -0.4 is 16.2 Å². The van der Waals surface area contributed by atoms with Gasteiger partial charge in [0.25, 0.3) is 5.56 Å². The maximum atomic E-state index is 13.1. The third kappa shape index (κ3) is 4.61. The van der Waals surface area contributed by atoms with Gasteiger partial charge in [0.05, 0.1) is 12.3 Å². The first-order chi connectivity index (χ1) is 13.9. The minimum absolute atomic E-state index is 0.0333. The number of carbonyl (C=O) groups excluding carboxylic acids is 3. The molecule has 29 heavy (non-hydrogen) atoms. The molecule has 9 nitrogen and oxygen atoms in total. The minimum Gasteiger partial charge on any atom is -0.444 e. The van der Waals surface area contributed by atoms with Gasteiger partial charge in [-0.15, -0.1) is 0 Å². The van der Waals surface area contributed by atoms with Crippen molar-refractivity contribution in [3.05, 3.63) is 39.9 Å². The van der Waals surface area contributed by atoms with Crippen molar-refractivity contribution in [2.24, 2.45) is 0 Å².